The van der Waals surface area contributed by atoms with Gasteiger partial charge in [-0.1, -0.05) is 18.2 Å². The summed E-state index contributed by atoms with van der Waals surface area (Å²) in [6.07, 6.45) is 6.12. The van der Waals surface area contributed by atoms with Crippen LogP contribution in [0.4, 0.5) is 5.69 Å². The maximum atomic E-state index is 12.9. The smallest absolute Gasteiger partial charge is 0.253 e. The Bertz CT molecular complexity index is 841. The molecule has 4 rings (SSSR count). The monoisotopic (exact) mass is 345 g/mol. The Kier molecular flexibility index (Phi) is 4.73. The molecule has 1 aliphatic heterocycles. The number of carbonyl (C=O) groups is 1. The van der Waals surface area contributed by atoms with Crippen molar-refractivity contribution in [3.8, 4) is 5.69 Å². The van der Waals surface area contributed by atoms with Crippen LogP contribution in [0.2, 0.25) is 0 Å². The molecule has 1 fully saturated rings. The Morgan fingerprint density at radius 2 is 1.65 bits per heavy atom. The van der Waals surface area contributed by atoms with Crippen molar-refractivity contribution in [1.29, 1.82) is 0 Å². The van der Waals surface area contributed by atoms with Crippen LogP contribution in [0.3, 0.4) is 0 Å². The average molecular weight is 345 g/mol. The molecule has 2 heterocycles. The summed E-state index contributed by atoms with van der Waals surface area (Å²) in [5.41, 5.74) is 2.93. The number of hydrogen-bond acceptors (Lipinski definition) is 2. The number of likely N-dealkylation sites (tertiary alicyclic amines) is 1. The minimum absolute atomic E-state index is 0.114. The molecule has 0 aliphatic carbocycles. The molecular formula is C22H23N3O. The lowest BCUT2D eigenvalue weighted by Crippen LogP contribution is -2.45. The third-order valence-corrected chi connectivity index (χ3v) is 4.87. The van der Waals surface area contributed by atoms with Gasteiger partial charge in [-0.05, 0) is 61.4 Å². The second kappa shape index (κ2) is 7.48. The van der Waals surface area contributed by atoms with Gasteiger partial charge in [-0.2, -0.15) is 0 Å². The summed E-state index contributed by atoms with van der Waals surface area (Å²) >= 11 is 0. The molecule has 1 atom stereocenters. The van der Waals surface area contributed by atoms with Crippen molar-refractivity contribution in [2.75, 3.05) is 18.4 Å². The van der Waals surface area contributed by atoms with Crippen LogP contribution in [0.25, 0.3) is 5.69 Å². The molecule has 1 saturated heterocycles. The summed E-state index contributed by atoms with van der Waals surface area (Å²) in [5.74, 6) is 0.114. The van der Waals surface area contributed by atoms with Gasteiger partial charge in [-0.25, -0.2) is 0 Å². The Hall–Kier alpha value is -3.01. The first-order valence-corrected chi connectivity index (χ1v) is 9.14. The fourth-order valence-corrected chi connectivity index (χ4v) is 3.51. The number of nitrogens with zero attached hydrogens (tertiary/aromatic N) is 2. The molecule has 0 saturated carbocycles. The van der Waals surface area contributed by atoms with E-state index in [1.807, 2.05) is 76.5 Å². The summed E-state index contributed by atoms with van der Waals surface area (Å²) in [4.78, 5) is 14.9. The highest BCUT2D eigenvalue weighted by Crippen LogP contribution is 2.19. The van der Waals surface area contributed by atoms with E-state index in [1.165, 1.54) is 0 Å². The van der Waals surface area contributed by atoms with Crippen LogP contribution in [0.1, 0.15) is 23.2 Å². The van der Waals surface area contributed by atoms with E-state index >= 15 is 0 Å². The quantitative estimate of drug-likeness (QED) is 0.770. The molecule has 1 N–H and O–H groups in total. The maximum absolute atomic E-state index is 12.9. The molecule has 1 aliphatic rings. The predicted molar refractivity (Wildman–Crippen MR) is 105 cm³/mol. The van der Waals surface area contributed by atoms with Crippen molar-refractivity contribution < 1.29 is 4.79 Å². The van der Waals surface area contributed by atoms with Crippen LogP contribution in [0.15, 0.2) is 79.1 Å². The topological polar surface area (TPSA) is 37.3 Å². The standard InChI is InChI=1S/C22H23N3O/c26-22(18-10-12-21(13-11-18)24-14-4-5-15-24)25-16-6-9-20(17-25)23-19-7-2-1-3-8-19/h1-5,7-8,10-15,20,23H,6,9,16-17H2/t20-/m1/s1. The molecule has 0 spiro atoms. The van der Waals surface area contributed by atoms with E-state index in [-0.39, 0.29) is 5.91 Å². The number of piperidine rings is 1. The molecule has 0 radical (unpaired) electrons. The lowest BCUT2D eigenvalue weighted by Gasteiger charge is -2.33. The van der Waals surface area contributed by atoms with E-state index in [0.29, 0.717) is 6.04 Å². The molecule has 4 heteroatoms. The summed E-state index contributed by atoms with van der Waals surface area (Å²) in [6, 6.07) is 22.3. The van der Waals surface area contributed by atoms with Gasteiger partial charge in [0, 0.05) is 48.5 Å². The van der Waals surface area contributed by atoms with Gasteiger partial charge in [0.25, 0.3) is 5.91 Å². The summed E-state index contributed by atoms with van der Waals surface area (Å²) < 4.78 is 2.04. The number of rotatable bonds is 4. The zero-order valence-corrected chi connectivity index (χ0v) is 14.7. The third-order valence-electron chi connectivity index (χ3n) is 4.87. The van der Waals surface area contributed by atoms with E-state index in [0.717, 1.165) is 42.9 Å². The van der Waals surface area contributed by atoms with Gasteiger partial charge in [0.2, 0.25) is 0 Å². The van der Waals surface area contributed by atoms with Crippen LogP contribution in [0.5, 0.6) is 0 Å². The predicted octanol–water partition coefficient (Wildman–Crippen LogP) is 4.19. The molecule has 0 bridgehead atoms. The molecule has 132 valence electrons. The fourth-order valence-electron chi connectivity index (χ4n) is 3.51. The van der Waals surface area contributed by atoms with Gasteiger partial charge >= 0.3 is 0 Å². The van der Waals surface area contributed by atoms with Gasteiger partial charge < -0.3 is 14.8 Å². The number of carbonyl (C=O) groups excluding carboxylic acids is 1. The SMILES string of the molecule is O=C(c1ccc(-n2cccc2)cc1)N1CCC[C@@H](Nc2ccccc2)C1. The Morgan fingerprint density at radius 3 is 2.38 bits per heavy atom. The summed E-state index contributed by atoms with van der Waals surface area (Å²) in [7, 11) is 0. The number of anilines is 1. The maximum Gasteiger partial charge on any atom is 0.253 e. The van der Waals surface area contributed by atoms with Crippen molar-refractivity contribution in [1.82, 2.24) is 9.47 Å². The van der Waals surface area contributed by atoms with Gasteiger partial charge in [0.15, 0.2) is 0 Å². The molecule has 1 amide bonds. The second-order valence-electron chi connectivity index (χ2n) is 6.74. The number of para-hydroxylation sites is 1. The van der Waals surface area contributed by atoms with Crippen molar-refractivity contribution in [2.24, 2.45) is 0 Å². The molecule has 0 unspecified atom stereocenters. The number of hydrogen-bond donors (Lipinski definition) is 1. The molecule has 4 nitrogen and oxygen atoms in total. The minimum atomic E-state index is 0.114. The normalized spacial score (nSPS) is 17.1. The zero-order valence-electron chi connectivity index (χ0n) is 14.7. The van der Waals surface area contributed by atoms with Gasteiger partial charge in [0.1, 0.15) is 0 Å². The van der Waals surface area contributed by atoms with Crippen molar-refractivity contribution >= 4 is 11.6 Å². The number of aromatic nitrogens is 1. The van der Waals surface area contributed by atoms with Crippen LogP contribution >= 0.6 is 0 Å². The van der Waals surface area contributed by atoms with Crippen molar-refractivity contribution in [3.05, 3.63) is 84.7 Å². The lowest BCUT2D eigenvalue weighted by molar-refractivity contribution is 0.0715. The highest BCUT2D eigenvalue weighted by Gasteiger charge is 2.24. The Morgan fingerprint density at radius 1 is 0.923 bits per heavy atom. The highest BCUT2D eigenvalue weighted by atomic mass is 16.2. The van der Waals surface area contributed by atoms with E-state index in [4.69, 9.17) is 0 Å². The van der Waals surface area contributed by atoms with Gasteiger partial charge in [0.05, 0.1) is 0 Å². The van der Waals surface area contributed by atoms with Gasteiger partial charge in [-0.3, -0.25) is 4.79 Å². The first kappa shape index (κ1) is 16.5. The van der Waals surface area contributed by atoms with E-state index < -0.39 is 0 Å². The van der Waals surface area contributed by atoms with Crippen LogP contribution in [-0.2, 0) is 0 Å². The largest absolute Gasteiger partial charge is 0.381 e. The zero-order chi connectivity index (χ0) is 17.8. The number of amides is 1. The highest BCUT2D eigenvalue weighted by molar-refractivity contribution is 5.94. The summed E-state index contributed by atoms with van der Waals surface area (Å²) in [5, 5.41) is 3.55. The first-order chi connectivity index (χ1) is 12.8. The van der Waals surface area contributed by atoms with Crippen molar-refractivity contribution in [2.45, 2.75) is 18.9 Å². The van der Waals surface area contributed by atoms with E-state index in [9.17, 15) is 4.79 Å². The van der Waals surface area contributed by atoms with Crippen molar-refractivity contribution in [3.63, 3.8) is 0 Å². The molecule has 26 heavy (non-hydrogen) atoms. The summed E-state index contributed by atoms with van der Waals surface area (Å²) in [6.45, 7) is 1.57. The fraction of sp³-hybridized carbons (Fsp3) is 0.227. The average Bonchev–Trinajstić information content (AvgIpc) is 3.23. The number of nitrogens with one attached hydrogen (secondary N) is 1. The molecule has 2 aromatic carbocycles. The van der Waals surface area contributed by atoms with E-state index in [2.05, 4.69) is 17.4 Å². The third kappa shape index (κ3) is 3.64. The second-order valence-corrected chi connectivity index (χ2v) is 6.74. The Labute approximate surface area is 154 Å². The molecular weight excluding hydrogens is 322 g/mol. The van der Waals surface area contributed by atoms with Crippen LogP contribution < -0.4 is 5.32 Å². The van der Waals surface area contributed by atoms with Crippen LogP contribution in [-0.4, -0.2) is 34.5 Å². The van der Waals surface area contributed by atoms with E-state index in [1.54, 1.807) is 0 Å². The first-order valence-electron chi connectivity index (χ1n) is 9.14. The number of benzene rings is 2. The van der Waals surface area contributed by atoms with Crippen LogP contribution in [0, 0.1) is 0 Å². The molecule has 1 aromatic heterocycles. The minimum Gasteiger partial charge on any atom is -0.381 e. The van der Waals surface area contributed by atoms with Gasteiger partial charge in [-0.15, -0.1) is 0 Å². The lowest BCUT2D eigenvalue weighted by atomic mass is 10.0. The Balaban J connectivity index is 1.42. The molecule has 3 aromatic rings.